The average molecular weight is 378 g/mol. The first kappa shape index (κ1) is 17.2. The Morgan fingerprint density at radius 3 is 2.89 bits per heavy atom. The quantitative estimate of drug-likeness (QED) is 0.725. The molecule has 144 valence electrons. The monoisotopic (exact) mass is 378 g/mol. The van der Waals surface area contributed by atoms with E-state index < -0.39 is 0 Å². The molecular weight excluding hydrogens is 356 g/mol. The Morgan fingerprint density at radius 1 is 1.36 bits per heavy atom. The molecule has 4 heterocycles. The number of nitrogens with zero attached hydrogens (tertiary/aromatic N) is 4. The lowest BCUT2D eigenvalue weighted by molar-refractivity contribution is -0.00374. The van der Waals surface area contributed by atoms with E-state index in [0.29, 0.717) is 31.4 Å². The molecule has 0 spiro atoms. The molecule has 0 unspecified atom stereocenters. The van der Waals surface area contributed by atoms with Gasteiger partial charge in [0.2, 0.25) is 0 Å². The van der Waals surface area contributed by atoms with E-state index in [2.05, 4.69) is 30.9 Å². The zero-order valence-electron chi connectivity index (χ0n) is 15.5. The Kier molecular flexibility index (Phi) is 4.24. The summed E-state index contributed by atoms with van der Waals surface area (Å²) >= 11 is 0. The van der Waals surface area contributed by atoms with E-state index in [1.54, 1.807) is 6.20 Å². The van der Waals surface area contributed by atoms with Crippen LogP contribution >= 0.6 is 0 Å². The van der Waals surface area contributed by atoms with E-state index in [9.17, 15) is 4.79 Å². The molecule has 0 radical (unpaired) electrons. The highest BCUT2D eigenvalue weighted by Gasteiger charge is 2.30. The van der Waals surface area contributed by atoms with E-state index >= 15 is 0 Å². The van der Waals surface area contributed by atoms with Crippen molar-refractivity contribution in [3.8, 4) is 6.07 Å². The van der Waals surface area contributed by atoms with Gasteiger partial charge in [0.05, 0.1) is 37.0 Å². The summed E-state index contributed by atoms with van der Waals surface area (Å²) in [5, 5.41) is 13.0. The molecule has 0 atom stereocenters. The van der Waals surface area contributed by atoms with Gasteiger partial charge in [-0.2, -0.15) is 5.26 Å². The Morgan fingerprint density at radius 2 is 2.18 bits per heavy atom. The van der Waals surface area contributed by atoms with Crippen molar-refractivity contribution in [1.82, 2.24) is 24.8 Å². The second-order valence-electron chi connectivity index (χ2n) is 7.78. The van der Waals surface area contributed by atoms with Crippen molar-refractivity contribution in [2.24, 2.45) is 5.92 Å². The van der Waals surface area contributed by atoms with Gasteiger partial charge in [-0.1, -0.05) is 0 Å². The van der Waals surface area contributed by atoms with Crippen LogP contribution in [0.1, 0.15) is 48.8 Å². The zero-order chi connectivity index (χ0) is 19.1. The van der Waals surface area contributed by atoms with Crippen LogP contribution in [0.15, 0.2) is 18.5 Å². The van der Waals surface area contributed by atoms with Gasteiger partial charge < -0.3 is 19.6 Å². The van der Waals surface area contributed by atoms with E-state index in [1.807, 2.05) is 12.3 Å². The van der Waals surface area contributed by atoms with Crippen LogP contribution in [0.5, 0.6) is 0 Å². The zero-order valence-corrected chi connectivity index (χ0v) is 15.5. The Hall–Kier alpha value is -2.92. The maximum atomic E-state index is 13.0. The number of nitriles is 1. The van der Waals surface area contributed by atoms with E-state index in [-0.39, 0.29) is 18.0 Å². The lowest BCUT2D eigenvalue weighted by Crippen LogP contribution is -2.49. The summed E-state index contributed by atoms with van der Waals surface area (Å²) in [6.45, 7) is 1.10. The largest absolute Gasteiger partial charge is 0.377 e. The van der Waals surface area contributed by atoms with Gasteiger partial charge in [-0.15, -0.1) is 0 Å². The second-order valence-corrected chi connectivity index (χ2v) is 7.78. The van der Waals surface area contributed by atoms with Crippen molar-refractivity contribution in [2.75, 3.05) is 13.2 Å². The molecule has 1 aliphatic carbocycles. The number of hydrogen-bond donors (Lipinski definition) is 2. The number of imidazole rings is 1. The predicted octanol–water partition coefficient (Wildman–Crippen LogP) is 2.69. The number of aromatic amines is 1. The molecule has 8 heteroatoms. The fourth-order valence-electron chi connectivity index (χ4n) is 4.41. The standard InChI is InChI=1S/C20H22N6O2/c21-7-5-12-1-3-14(4-2-12)26-17-15-6-8-22-18(15)23-9-16(17)25-19(26)20(27)24-13-10-28-11-13/h6,8-9,12-14H,1-5,10-11H2,(H,22,23)(H,24,27). The minimum Gasteiger partial charge on any atom is -0.377 e. The number of H-pyrrole nitrogens is 1. The normalized spacial score (nSPS) is 22.8. The van der Waals surface area contributed by atoms with Crippen molar-refractivity contribution in [2.45, 2.75) is 44.2 Å². The summed E-state index contributed by atoms with van der Waals surface area (Å²) < 4.78 is 7.29. The van der Waals surface area contributed by atoms with Gasteiger partial charge in [-0.3, -0.25) is 4.79 Å². The maximum absolute atomic E-state index is 13.0. The van der Waals surface area contributed by atoms with Gasteiger partial charge in [-0.25, -0.2) is 9.97 Å². The summed E-state index contributed by atoms with van der Waals surface area (Å²) in [5.74, 6) is 0.739. The minimum atomic E-state index is -0.160. The molecule has 3 aromatic heterocycles. The van der Waals surface area contributed by atoms with Crippen molar-refractivity contribution >= 4 is 28.0 Å². The fourth-order valence-corrected chi connectivity index (χ4v) is 4.41. The highest BCUT2D eigenvalue weighted by Crippen LogP contribution is 2.37. The molecule has 28 heavy (non-hydrogen) atoms. The van der Waals surface area contributed by atoms with Crippen LogP contribution in [-0.2, 0) is 4.74 Å². The number of carbonyl (C=O) groups excluding carboxylic acids is 1. The highest BCUT2D eigenvalue weighted by molar-refractivity contribution is 6.04. The lowest BCUT2D eigenvalue weighted by atomic mass is 9.84. The number of hydrogen-bond acceptors (Lipinski definition) is 5. The molecule has 2 fully saturated rings. The number of carbonyl (C=O) groups is 1. The number of aromatic nitrogens is 4. The first-order valence-corrected chi connectivity index (χ1v) is 9.84. The van der Waals surface area contributed by atoms with Gasteiger partial charge in [-0.05, 0) is 37.7 Å². The first-order valence-electron chi connectivity index (χ1n) is 9.84. The van der Waals surface area contributed by atoms with Crippen LogP contribution in [-0.4, -0.2) is 44.7 Å². The summed E-state index contributed by atoms with van der Waals surface area (Å²) in [6.07, 6.45) is 8.09. The Balaban J connectivity index is 1.57. The van der Waals surface area contributed by atoms with E-state index in [4.69, 9.17) is 10.00 Å². The Labute approximate surface area is 161 Å². The SMILES string of the molecule is N#CCC1CCC(n2c(C(=O)NC3COC3)nc3cnc4[nH]ccc4c32)CC1. The number of amides is 1. The third-order valence-corrected chi connectivity index (χ3v) is 5.97. The average Bonchev–Trinajstić information content (AvgIpc) is 3.29. The number of ether oxygens (including phenoxy) is 1. The van der Waals surface area contributed by atoms with Crippen molar-refractivity contribution in [3.63, 3.8) is 0 Å². The maximum Gasteiger partial charge on any atom is 0.287 e. The topological polar surface area (TPSA) is 109 Å². The molecule has 8 nitrogen and oxygen atoms in total. The van der Waals surface area contributed by atoms with Crippen molar-refractivity contribution < 1.29 is 9.53 Å². The number of fused-ring (bicyclic) bond motifs is 3. The molecule has 2 N–H and O–H groups in total. The molecule has 5 rings (SSSR count). The number of rotatable bonds is 4. The molecule has 3 aromatic rings. The van der Waals surface area contributed by atoms with Crippen LogP contribution in [0.2, 0.25) is 0 Å². The van der Waals surface area contributed by atoms with Crippen molar-refractivity contribution in [3.05, 3.63) is 24.3 Å². The Bertz CT molecular complexity index is 1070. The highest BCUT2D eigenvalue weighted by atomic mass is 16.5. The number of pyridine rings is 1. The summed E-state index contributed by atoms with van der Waals surface area (Å²) in [6, 6.07) is 4.53. The number of nitrogens with one attached hydrogen (secondary N) is 2. The molecule has 0 bridgehead atoms. The summed E-state index contributed by atoms with van der Waals surface area (Å²) in [4.78, 5) is 25.2. The van der Waals surface area contributed by atoms with Gasteiger partial charge in [0, 0.05) is 24.0 Å². The first-order chi connectivity index (χ1) is 13.7. The van der Waals surface area contributed by atoms with E-state index in [0.717, 1.165) is 47.8 Å². The van der Waals surface area contributed by atoms with Crippen LogP contribution in [0.3, 0.4) is 0 Å². The van der Waals surface area contributed by atoms with Crippen molar-refractivity contribution in [1.29, 1.82) is 5.26 Å². The molecular formula is C20H22N6O2. The lowest BCUT2D eigenvalue weighted by Gasteiger charge is -2.30. The van der Waals surface area contributed by atoms with Crippen LogP contribution in [0.25, 0.3) is 22.1 Å². The summed E-state index contributed by atoms with van der Waals surface area (Å²) in [5.41, 5.74) is 2.50. The second kappa shape index (κ2) is 6.91. The van der Waals surface area contributed by atoms with Gasteiger partial charge in [0.25, 0.3) is 5.91 Å². The van der Waals surface area contributed by atoms with Crippen LogP contribution < -0.4 is 5.32 Å². The molecule has 1 saturated carbocycles. The van der Waals surface area contributed by atoms with Gasteiger partial charge >= 0.3 is 0 Å². The van der Waals surface area contributed by atoms with Crippen LogP contribution in [0, 0.1) is 17.2 Å². The minimum absolute atomic E-state index is 0.0533. The molecule has 1 saturated heterocycles. The summed E-state index contributed by atoms with van der Waals surface area (Å²) in [7, 11) is 0. The third kappa shape index (κ3) is 2.83. The van der Waals surface area contributed by atoms with Gasteiger partial charge in [0.1, 0.15) is 11.2 Å². The molecule has 0 aromatic carbocycles. The van der Waals surface area contributed by atoms with Crippen LogP contribution in [0.4, 0.5) is 0 Å². The molecule has 1 amide bonds. The smallest absolute Gasteiger partial charge is 0.287 e. The third-order valence-electron chi connectivity index (χ3n) is 5.97. The predicted molar refractivity (Wildman–Crippen MR) is 103 cm³/mol. The fraction of sp³-hybridized carbons (Fsp3) is 0.500. The van der Waals surface area contributed by atoms with E-state index in [1.165, 1.54) is 0 Å². The molecule has 2 aliphatic rings. The van der Waals surface area contributed by atoms with Gasteiger partial charge in [0.15, 0.2) is 5.82 Å². The molecule has 1 aliphatic heterocycles.